The smallest absolute Gasteiger partial charge is 0.233 e. The Bertz CT molecular complexity index is 413. The van der Waals surface area contributed by atoms with Crippen LogP contribution in [0.4, 0.5) is 0 Å². The lowest BCUT2D eigenvalue weighted by atomic mass is 9.99. The van der Waals surface area contributed by atoms with Crippen LogP contribution in [-0.2, 0) is 11.2 Å². The number of aryl methyl sites for hydroxylation is 1. The van der Waals surface area contributed by atoms with Gasteiger partial charge in [0.15, 0.2) is 0 Å². The molecule has 0 aromatic carbocycles. The summed E-state index contributed by atoms with van der Waals surface area (Å²) in [7, 11) is 0. The highest BCUT2D eigenvalue weighted by atomic mass is 32.2. The summed E-state index contributed by atoms with van der Waals surface area (Å²) < 4.78 is 0. The van der Waals surface area contributed by atoms with Crippen molar-refractivity contribution in [2.45, 2.75) is 44.7 Å². The normalized spacial score (nSPS) is 16.8. The van der Waals surface area contributed by atoms with E-state index in [9.17, 15) is 4.79 Å². The lowest BCUT2D eigenvalue weighted by Crippen LogP contribution is -2.38. The van der Waals surface area contributed by atoms with Gasteiger partial charge in [-0.25, -0.2) is 4.98 Å². The Kier molecular flexibility index (Phi) is 5.24. The molecule has 1 aliphatic heterocycles. The number of carbonyl (C=O) groups excluding carboxylic acids is 1. The van der Waals surface area contributed by atoms with E-state index in [0.717, 1.165) is 50.5 Å². The van der Waals surface area contributed by atoms with Crippen molar-refractivity contribution in [1.29, 1.82) is 0 Å². The zero-order valence-electron chi connectivity index (χ0n) is 11.7. The molecule has 0 unspecified atom stereocenters. The molecule has 19 heavy (non-hydrogen) atoms. The van der Waals surface area contributed by atoms with Gasteiger partial charge in [0.1, 0.15) is 5.82 Å². The number of hydrogen-bond donors (Lipinski definition) is 1. The number of likely N-dealkylation sites (tertiary alicyclic amines) is 1. The van der Waals surface area contributed by atoms with Gasteiger partial charge < -0.3 is 4.90 Å². The number of aromatic nitrogens is 3. The second kappa shape index (κ2) is 6.93. The highest BCUT2D eigenvalue weighted by Gasteiger charge is 2.20. The van der Waals surface area contributed by atoms with Gasteiger partial charge in [-0.1, -0.05) is 25.6 Å². The molecule has 0 atom stereocenters. The average molecular weight is 282 g/mol. The third-order valence-corrected chi connectivity index (χ3v) is 4.29. The SMILES string of the molecule is CCCc1nc(SCC(=O)N2CCC(C)CC2)n[nH]1. The van der Waals surface area contributed by atoms with Crippen LogP contribution in [0.5, 0.6) is 0 Å². The number of nitrogens with zero attached hydrogens (tertiary/aromatic N) is 3. The Labute approximate surface area is 118 Å². The summed E-state index contributed by atoms with van der Waals surface area (Å²) in [6, 6.07) is 0. The van der Waals surface area contributed by atoms with Crippen molar-refractivity contribution in [3.63, 3.8) is 0 Å². The zero-order valence-corrected chi connectivity index (χ0v) is 12.5. The molecular formula is C13H22N4OS. The molecule has 1 saturated heterocycles. The van der Waals surface area contributed by atoms with Crippen molar-refractivity contribution < 1.29 is 4.79 Å². The van der Waals surface area contributed by atoms with E-state index in [1.54, 1.807) is 0 Å². The van der Waals surface area contributed by atoms with Crippen molar-refractivity contribution >= 4 is 17.7 Å². The molecule has 0 saturated carbocycles. The summed E-state index contributed by atoms with van der Waals surface area (Å²) in [4.78, 5) is 18.4. The van der Waals surface area contributed by atoms with Gasteiger partial charge in [-0.3, -0.25) is 9.89 Å². The van der Waals surface area contributed by atoms with Gasteiger partial charge >= 0.3 is 0 Å². The van der Waals surface area contributed by atoms with Crippen molar-refractivity contribution in [3.05, 3.63) is 5.82 Å². The predicted octanol–water partition coefficient (Wildman–Crippen LogP) is 2.11. The minimum Gasteiger partial charge on any atom is -0.342 e. The van der Waals surface area contributed by atoms with E-state index in [1.165, 1.54) is 11.8 Å². The molecule has 1 amide bonds. The molecule has 0 spiro atoms. The molecular weight excluding hydrogens is 260 g/mol. The fraction of sp³-hybridized carbons (Fsp3) is 0.769. The standard InChI is InChI=1S/C13H22N4OS/c1-3-4-11-14-13(16-15-11)19-9-12(18)17-7-5-10(2)6-8-17/h10H,3-9H2,1-2H3,(H,14,15,16). The van der Waals surface area contributed by atoms with E-state index in [1.807, 2.05) is 4.90 Å². The lowest BCUT2D eigenvalue weighted by Gasteiger charge is -2.30. The molecule has 0 aliphatic carbocycles. The van der Waals surface area contributed by atoms with Crippen LogP contribution in [0.15, 0.2) is 5.16 Å². The van der Waals surface area contributed by atoms with Crippen LogP contribution in [0.2, 0.25) is 0 Å². The second-order valence-electron chi connectivity index (χ2n) is 5.17. The van der Waals surface area contributed by atoms with Gasteiger partial charge in [-0.15, -0.1) is 5.10 Å². The number of carbonyl (C=O) groups is 1. The number of piperidine rings is 1. The van der Waals surface area contributed by atoms with Crippen LogP contribution in [0.25, 0.3) is 0 Å². The van der Waals surface area contributed by atoms with E-state index in [-0.39, 0.29) is 5.91 Å². The molecule has 106 valence electrons. The molecule has 0 radical (unpaired) electrons. The van der Waals surface area contributed by atoms with Crippen LogP contribution in [0.1, 0.15) is 38.9 Å². The third-order valence-electron chi connectivity index (χ3n) is 3.46. The maximum Gasteiger partial charge on any atom is 0.233 e. The Morgan fingerprint density at radius 2 is 2.21 bits per heavy atom. The lowest BCUT2D eigenvalue weighted by molar-refractivity contribution is -0.129. The van der Waals surface area contributed by atoms with Crippen molar-refractivity contribution in [3.8, 4) is 0 Å². The second-order valence-corrected chi connectivity index (χ2v) is 6.11. The number of rotatable bonds is 5. The Hall–Kier alpha value is -1.04. The van der Waals surface area contributed by atoms with Gasteiger partial charge in [-0.2, -0.15) is 0 Å². The molecule has 2 rings (SSSR count). The summed E-state index contributed by atoms with van der Waals surface area (Å²) >= 11 is 1.42. The summed E-state index contributed by atoms with van der Waals surface area (Å²) in [5, 5.41) is 7.71. The predicted molar refractivity (Wildman–Crippen MR) is 76.1 cm³/mol. The summed E-state index contributed by atoms with van der Waals surface area (Å²) in [5.41, 5.74) is 0. The average Bonchev–Trinajstić information content (AvgIpc) is 2.85. The first kappa shape index (κ1) is 14.4. The van der Waals surface area contributed by atoms with Gasteiger partial charge in [0, 0.05) is 19.5 Å². The number of hydrogen-bond acceptors (Lipinski definition) is 4. The summed E-state index contributed by atoms with van der Waals surface area (Å²) in [6.07, 6.45) is 4.20. The van der Waals surface area contributed by atoms with Crippen molar-refractivity contribution in [2.75, 3.05) is 18.8 Å². The summed E-state index contributed by atoms with van der Waals surface area (Å²) in [6.45, 7) is 6.15. The first-order chi connectivity index (χ1) is 9.19. The summed E-state index contributed by atoms with van der Waals surface area (Å²) in [5.74, 6) is 2.31. The topological polar surface area (TPSA) is 61.9 Å². The first-order valence-corrected chi connectivity index (χ1v) is 7.99. The van der Waals surface area contributed by atoms with E-state index in [0.29, 0.717) is 10.9 Å². The van der Waals surface area contributed by atoms with Gasteiger partial charge in [0.25, 0.3) is 0 Å². The molecule has 1 aromatic rings. The first-order valence-electron chi connectivity index (χ1n) is 7.01. The van der Waals surface area contributed by atoms with E-state index in [2.05, 4.69) is 29.0 Å². The van der Waals surface area contributed by atoms with E-state index < -0.39 is 0 Å². The monoisotopic (exact) mass is 282 g/mol. The van der Waals surface area contributed by atoms with Gasteiger partial charge in [0.05, 0.1) is 5.75 Å². The van der Waals surface area contributed by atoms with Gasteiger partial charge in [0.2, 0.25) is 11.1 Å². The van der Waals surface area contributed by atoms with E-state index in [4.69, 9.17) is 0 Å². The third kappa shape index (κ3) is 4.23. The minimum atomic E-state index is 0.207. The fourth-order valence-electron chi connectivity index (χ4n) is 2.17. The Balaban J connectivity index is 1.76. The highest BCUT2D eigenvalue weighted by Crippen LogP contribution is 2.18. The Morgan fingerprint density at radius 1 is 1.47 bits per heavy atom. The number of amides is 1. The number of aromatic amines is 1. The highest BCUT2D eigenvalue weighted by molar-refractivity contribution is 7.99. The van der Waals surface area contributed by atoms with Crippen LogP contribution in [0.3, 0.4) is 0 Å². The Morgan fingerprint density at radius 3 is 2.89 bits per heavy atom. The molecule has 1 fully saturated rings. The van der Waals surface area contributed by atoms with E-state index >= 15 is 0 Å². The number of nitrogens with one attached hydrogen (secondary N) is 1. The maximum atomic E-state index is 12.0. The zero-order chi connectivity index (χ0) is 13.7. The van der Waals surface area contributed by atoms with Crippen molar-refractivity contribution in [2.24, 2.45) is 5.92 Å². The minimum absolute atomic E-state index is 0.207. The molecule has 1 N–H and O–H groups in total. The molecule has 1 aliphatic rings. The van der Waals surface area contributed by atoms with Crippen LogP contribution in [-0.4, -0.2) is 44.8 Å². The van der Waals surface area contributed by atoms with Crippen LogP contribution >= 0.6 is 11.8 Å². The quantitative estimate of drug-likeness (QED) is 0.840. The van der Waals surface area contributed by atoms with Crippen LogP contribution < -0.4 is 0 Å². The fourth-order valence-corrected chi connectivity index (χ4v) is 2.89. The molecule has 1 aromatic heterocycles. The van der Waals surface area contributed by atoms with Crippen LogP contribution in [0, 0.1) is 5.92 Å². The van der Waals surface area contributed by atoms with Gasteiger partial charge in [-0.05, 0) is 25.2 Å². The van der Waals surface area contributed by atoms with Crippen molar-refractivity contribution in [1.82, 2.24) is 20.1 Å². The number of H-pyrrole nitrogens is 1. The molecule has 5 nitrogen and oxygen atoms in total. The largest absolute Gasteiger partial charge is 0.342 e. The molecule has 0 bridgehead atoms. The molecule has 2 heterocycles. The number of thioether (sulfide) groups is 1. The maximum absolute atomic E-state index is 12.0. The molecule has 6 heteroatoms.